The van der Waals surface area contributed by atoms with Crippen molar-refractivity contribution in [2.24, 2.45) is 15.3 Å². The number of aromatic carboxylic acids is 1. The van der Waals surface area contributed by atoms with E-state index in [4.69, 9.17) is 11.6 Å². The van der Waals surface area contributed by atoms with Crippen LogP contribution < -0.4 is 123 Å². The SMILES string of the molecule is O=C(O)c1ccc(SOO[O-])cc1[N-]N=C(N=Nc1cc(S(=O)(=O)CCOS(=O)(=O)[O-])cc(S(=O)(=O)[O-])c1O)c1ccc(S(=O)(=O)CCCl)cc1.[Cu+].[Na+].[Na+].[Na+].[Na+]. The predicted octanol–water partition coefficient (Wildman–Crippen LogP) is -10.3. The fraction of sp³-hybridized carbons (Fsp3) is 0.167. The zero-order valence-electron chi connectivity index (χ0n) is 29.1. The first-order valence-electron chi connectivity index (χ1n) is 12.9. The minimum atomic E-state index is -5.62. The van der Waals surface area contributed by atoms with Gasteiger partial charge < -0.3 is 35.1 Å². The van der Waals surface area contributed by atoms with Gasteiger partial charge in [-0.05, 0) is 48.5 Å². The fourth-order valence-electron chi connectivity index (χ4n) is 3.63. The van der Waals surface area contributed by atoms with Crippen LogP contribution in [0.4, 0.5) is 11.4 Å². The topological polar surface area (TPSA) is 342 Å². The molecular formula is C24H19ClCuN4Na4O17S5+. The molecule has 0 spiro atoms. The number of phenols is 1. The average molecular weight is 987 g/mol. The fourth-order valence-corrected chi connectivity index (χ4v) is 7.82. The summed E-state index contributed by atoms with van der Waals surface area (Å²) in [5.41, 5.74) is 1.89. The molecule has 0 amide bonds. The van der Waals surface area contributed by atoms with E-state index in [0.717, 1.165) is 36.4 Å². The third-order valence-electron chi connectivity index (χ3n) is 5.92. The summed E-state index contributed by atoms with van der Waals surface area (Å²) in [4.78, 5) is 9.17. The Kier molecular flexibility index (Phi) is 29.3. The Labute approximate surface area is 428 Å². The summed E-state index contributed by atoms with van der Waals surface area (Å²) in [5.74, 6) is -5.40. The molecule has 21 nitrogen and oxygen atoms in total. The number of nitrogens with zero attached hydrogens (tertiary/aromatic N) is 4. The number of sulfone groups is 2. The smallest absolute Gasteiger partial charge is 0.744 e. The van der Waals surface area contributed by atoms with Crippen molar-refractivity contribution in [1.29, 1.82) is 0 Å². The number of hydrogen-bond acceptors (Lipinski definition) is 19. The molecule has 0 unspecified atom stereocenters. The quantitative estimate of drug-likeness (QED) is 0.0121. The molecule has 0 saturated heterocycles. The molecule has 0 aliphatic heterocycles. The van der Waals surface area contributed by atoms with E-state index < -0.39 is 96.9 Å². The summed E-state index contributed by atoms with van der Waals surface area (Å²) in [6, 6.07) is 8.58. The van der Waals surface area contributed by atoms with Crippen LogP contribution in [0.15, 0.2) is 89.5 Å². The maximum Gasteiger partial charge on any atom is 1.00 e. The molecular weight excluding hydrogens is 968 g/mol. The third kappa shape index (κ3) is 18.8. The second kappa shape index (κ2) is 26.9. The van der Waals surface area contributed by atoms with E-state index in [2.05, 4.69) is 34.3 Å². The number of rotatable bonds is 17. The molecule has 0 aliphatic rings. The number of alkyl halides is 1. The minimum Gasteiger partial charge on any atom is -0.744 e. The summed E-state index contributed by atoms with van der Waals surface area (Å²) >= 11 is 5.92. The first-order valence-corrected chi connectivity index (χ1v) is 20.3. The van der Waals surface area contributed by atoms with Crippen molar-refractivity contribution >= 4 is 87.0 Å². The van der Waals surface area contributed by atoms with Crippen LogP contribution >= 0.6 is 23.6 Å². The molecule has 3 aromatic carbocycles. The van der Waals surface area contributed by atoms with E-state index in [1.165, 1.54) is 6.07 Å². The van der Waals surface area contributed by atoms with Crippen LogP contribution in [-0.2, 0) is 70.8 Å². The standard InChI is InChI=1S/C24H23ClN4O17S5.Cu.4Na/c25-7-9-48(34,35)16-4-1-14(2-5-16)23(28-26-19-11-15(47-46-45-33)3-6-18(19)24(31)32)29-27-20-12-17(13-21(22(20)30)50(38,39)40)49(36,37)10-8-44-51(41,42)43;;;;;/h1-6,11-13H,7-10H2,(H6,26,27,28,29,30,31,32,33,38,39,40,41,42,43);;;;;/q;5*+1/p-4. The minimum absolute atomic E-state index is 0. The van der Waals surface area contributed by atoms with Gasteiger partial charge in [0.25, 0.3) is 0 Å². The summed E-state index contributed by atoms with van der Waals surface area (Å²) in [7, 11) is -19.5. The molecule has 0 heterocycles. The van der Waals surface area contributed by atoms with E-state index in [9.17, 15) is 63.0 Å². The van der Waals surface area contributed by atoms with Crippen LogP contribution in [0, 0.1) is 0 Å². The molecule has 0 atom stereocenters. The van der Waals surface area contributed by atoms with Crippen molar-refractivity contribution in [3.05, 3.63) is 71.1 Å². The molecule has 3 aromatic rings. The number of aromatic hydroxyl groups is 1. The van der Waals surface area contributed by atoms with Crippen LogP contribution in [-0.4, -0.2) is 88.8 Å². The molecule has 32 heteroatoms. The molecule has 0 bridgehead atoms. The first kappa shape index (κ1) is 61.0. The number of halogens is 1. The number of hydrogen-bond donors (Lipinski definition) is 2. The number of benzene rings is 3. The molecule has 0 aromatic heterocycles. The van der Waals surface area contributed by atoms with Crippen molar-refractivity contribution in [3.8, 4) is 5.75 Å². The van der Waals surface area contributed by atoms with Crippen molar-refractivity contribution in [2.75, 3.05) is 24.0 Å². The Balaban J connectivity index is -0.00000562. The Bertz CT molecular complexity index is 2310. The molecule has 0 aliphatic carbocycles. The van der Waals surface area contributed by atoms with Gasteiger partial charge in [0, 0.05) is 21.9 Å². The number of phenolic OH excluding ortho intramolecular Hbond substituents is 1. The molecule has 2 N–H and O–H groups in total. The summed E-state index contributed by atoms with van der Waals surface area (Å²) in [6.07, 6.45) is 0. The third-order valence-corrected chi connectivity index (χ3v) is 11.6. The van der Waals surface area contributed by atoms with Gasteiger partial charge in [-0.15, -0.1) is 27.5 Å². The zero-order valence-corrected chi connectivity index (χ0v) is 42.8. The van der Waals surface area contributed by atoms with E-state index in [0.29, 0.717) is 18.1 Å². The molecule has 0 radical (unpaired) electrons. The van der Waals surface area contributed by atoms with E-state index in [1.807, 2.05) is 0 Å². The zero-order chi connectivity index (χ0) is 38.2. The maximum absolute atomic E-state index is 12.8. The maximum atomic E-state index is 12.8. The normalized spacial score (nSPS) is 11.9. The van der Waals surface area contributed by atoms with Crippen LogP contribution in [0.25, 0.3) is 5.43 Å². The molecule has 3 rings (SSSR count). The molecule has 56 heavy (non-hydrogen) atoms. The monoisotopic (exact) mass is 985 g/mol. The molecule has 0 fully saturated rings. The summed E-state index contributed by atoms with van der Waals surface area (Å²) in [6.45, 7) is -1.21. The van der Waals surface area contributed by atoms with E-state index >= 15 is 0 Å². The van der Waals surface area contributed by atoms with Gasteiger partial charge in [-0.25, -0.2) is 38.5 Å². The summed E-state index contributed by atoms with van der Waals surface area (Å²) in [5, 5.41) is 44.7. The van der Waals surface area contributed by atoms with E-state index in [1.54, 1.807) is 0 Å². The van der Waals surface area contributed by atoms with Crippen molar-refractivity contribution in [3.63, 3.8) is 0 Å². The molecule has 0 saturated carbocycles. The van der Waals surface area contributed by atoms with Gasteiger partial charge in [0.05, 0.1) is 44.8 Å². The number of carbonyl (C=O) groups is 1. The molecule has 288 valence electrons. The Morgan fingerprint density at radius 2 is 1.45 bits per heavy atom. The van der Waals surface area contributed by atoms with Gasteiger partial charge in [0.15, 0.2) is 31.3 Å². The Hall–Kier alpha value is 0.719. The van der Waals surface area contributed by atoms with Gasteiger partial charge in [-0.2, -0.15) is 4.33 Å². The van der Waals surface area contributed by atoms with Crippen LogP contribution in [0.5, 0.6) is 5.75 Å². The Morgan fingerprint density at radius 3 is 1.96 bits per heavy atom. The largest absolute Gasteiger partial charge is 1.00 e. The van der Waals surface area contributed by atoms with Gasteiger partial charge in [0.1, 0.15) is 15.8 Å². The van der Waals surface area contributed by atoms with Gasteiger partial charge in [-0.3, -0.25) is 9.22 Å². The number of azo groups is 1. The number of carboxylic acid groups (broad SMARTS) is 1. The van der Waals surface area contributed by atoms with Crippen molar-refractivity contribution in [1.82, 2.24) is 0 Å². The van der Waals surface area contributed by atoms with Crippen LogP contribution in [0.2, 0.25) is 0 Å². The average Bonchev–Trinajstić information content (AvgIpc) is 3.03. The van der Waals surface area contributed by atoms with Gasteiger partial charge >= 0.3 is 141 Å². The van der Waals surface area contributed by atoms with Crippen molar-refractivity contribution in [2.45, 2.75) is 19.6 Å². The van der Waals surface area contributed by atoms with E-state index in [-0.39, 0.29) is 168 Å². The number of carboxylic acids is 1. The number of amidine groups is 1. The summed E-state index contributed by atoms with van der Waals surface area (Å²) < 4.78 is 126. The van der Waals surface area contributed by atoms with Gasteiger partial charge in [0.2, 0.25) is 10.4 Å². The Morgan fingerprint density at radius 1 is 0.857 bits per heavy atom. The van der Waals surface area contributed by atoms with Crippen molar-refractivity contribution < 1.29 is 212 Å². The second-order valence-corrected chi connectivity index (χ2v) is 17.0. The van der Waals surface area contributed by atoms with Crippen LogP contribution in [0.1, 0.15) is 15.9 Å². The predicted molar refractivity (Wildman–Crippen MR) is 168 cm³/mol. The van der Waals surface area contributed by atoms with Crippen LogP contribution in [0.3, 0.4) is 0 Å². The first-order chi connectivity index (χ1) is 23.7. The van der Waals surface area contributed by atoms with Gasteiger partial charge in [-0.1, -0.05) is 6.07 Å². The second-order valence-electron chi connectivity index (χ2n) is 9.25.